The van der Waals surface area contributed by atoms with E-state index in [2.05, 4.69) is 4.98 Å². The largest absolute Gasteiger partial charge is 0.441 e. The fraction of sp³-hybridized carbons (Fsp3) is 0.250. The van der Waals surface area contributed by atoms with Crippen molar-refractivity contribution in [3.63, 3.8) is 0 Å². The number of halogens is 5. The molecular formula is C20H17F5N2O. The van der Waals surface area contributed by atoms with Crippen molar-refractivity contribution in [1.29, 1.82) is 0 Å². The minimum Gasteiger partial charge on any atom is -0.441 e. The molecular weight excluding hydrogens is 379 g/mol. The van der Waals surface area contributed by atoms with Gasteiger partial charge in [-0.2, -0.15) is 13.2 Å². The minimum atomic E-state index is -4.37. The van der Waals surface area contributed by atoms with Gasteiger partial charge in [-0.05, 0) is 43.8 Å². The van der Waals surface area contributed by atoms with Gasteiger partial charge in [0.15, 0.2) is 11.6 Å². The Morgan fingerprint density at radius 3 is 2.32 bits per heavy atom. The minimum absolute atomic E-state index is 0.0209. The first kappa shape index (κ1) is 20.0. The summed E-state index contributed by atoms with van der Waals surface area (Å²) in [5.41, 5.74) is 0.467. The standard InChI is InChI=1S/C20H17F5N2O/c1-12-17(26-19(28-12)15-4-3-5-16(21)18(15)22)11-27(2)10-13-6-8-14(9-7-13)20(23,24)25/h3-9H,10-11H2,1-2H3. The van der Waals surface area contributed by atoms with Gasteiger partial charge in [-0.25, -0.2) is 13.8 Å². The molecule has 0 fully saturated rings. The van der Waals surface area contributed by atoms with Crippen molar-refractivity contribution in [2.24, 2.45) is 0 Å². The van der Waals surface area contributed by atoms with Crippen LogP contribution < -0.4 is 0 Å². The summed E-state index contributed by atoms with van der Waals surface area (Å²) in [4.78, 5) is 6.08. The molecule has 0 aliphatic carbocycles. The van der Waals surface area contributed by atoms with Gasteiger partial charge in [0.2, 0.25) is 5.89 Å². The SMILES string of the molecule is Cc1oc(-c2cccc(F)c2F)nc1CN(C)Cc1ccc(C(F)(F)F)cc1. The molecule has 0 amide bonds. The second-order valence-corrected chi connectivity index (χ2v) is 6.49. The van der Waals surface area contributed by atoms with Gasteiger partial charge in [-0.3, -0.25) is 4.90 Å². The summed E-state index contributed by atoms with van der Waals surface area (Å²) < 4.78 is 70.7. The molecule has 0 atom stereocenters. The molecule has 1 heterocycles. The molecule has 0 radical (unpaired) electrons. The van der Waals surface area contributed by atoms with E-state index in [1.807, 2.05) is 4.90 Å². The lowest BCUT2D eigenvalue weighted by molar-refractivity contribution is -0.137. The molecule has 0 N–H and O–H groups in total. The highest BCUT2D eigenvalue weighted by Gasteiger charge is 2.30. The van der Waals surface area contributed by atoms with Crippen LogP contribution in [0.4, 0.5) is 22.0 Å². The molecule has 3 rings (SSSR count). The Labute approximate surface area is 158 Å². The van der Waals surface area contributed by atoms with Crippen LogP contribution in [0.5, 0.6) is 0 Å². The van der Waals surface area contributed by atoms with E-state index < -0.39 is 23.4 Å². The first-order chi connectivity index (χ1) is 13.1. The van der Waals surface area contributed by atoms with Crippen molar-refractivity contribution < 1.29 is 26.4 Å². The Balaban J connectivity index is 1.72. The van der Waals surface area contributed by atoms with E-state index in [0.717, 1.165) is 18.2 Å². The molecule has 8 heteroatoms. The van der Waals surface area contributed by atoms with Crippen molar-refractivity contribution in [1.82, 2.24) is 9.88 Å². The lowest BCUT2D eigenvalue weighted by atomic mass is 10.1. The van der Waals surface area contributed by atoms with Gasteiger partial charge < -0.3 is 4.42 Å². The van der Waals surface area contributed by atoms with Crippen molar-refractivity contribution in [3.8, 4) is 11.5 Å². The van der Waals surface area contributed by atoms with Crippen molar-refractivity contribution in [3.05, 3.63) is 76.7 Å². The smallest absolute Gasteiger partial charge is 0.416 e. The molecule has 3 aromatic rings. The maximum atomic E-state index is 13.9. The van der Waals surface area contributed by atoms with Gasteiger partial charge in [0.05, 0.1) is 16.8 Å². The average molecular weight is 396 g/mol. The summed E-state index contributed by atoms with van der Waals surface area (Å²) in [6.07, 6.45) is -4.37. The third-order valence-electron chi connectivity index (χ3n) is 4.23. The number of hydrogen-bond donors (Lipinski definition) is 0. The lowest BCUT2D eigenvalue weighted by Crippen LogP contribution is -2.18. The summed E-state index contributed by atoms with van der Waals surface area (Å²) in [5.74, 6) is -1.59. The summed E-state index contributed by atoms with van der Waals surface area (Å²) in [5, 5.41) is 0. The number of nitrogens with zero attached hydrogens (tertiary/aromatic N) is 2. The molecule has 0 saturated carbocycles. The summed E-state index contributed by atoms with van der Waals surface area (Å²) in [6.45, 7) is 2.37. The van der Waals surface area contributed by atoms with Crippen molar-refractivity contribution >= 4 is 0 Å². The molecule has 2 aromatic carbocycles. The number of rotatable bonds is 5. The second kappa shape index (κ2) is 7.71. The van der Waals surface area contributed by atoms with Gasteiger partial charge >= 0.3 is 6.18 Å². The Hall–Kier alpha value is -2.74. The van der Waals surface area contributed by atoms with Crippen LogP contribution in [0.1, 0.15) is 22.6 Å². The third-order valence-corrected chi connectivity index (χ3v) is 4.23. The van der Waals surface area contributed by atoms with Crippen LogP contribution in [-0.4, -0.2) is 16.9 Å². The molecule has 3 nitrogen and oxygen atoms in total. The van der Waals surface area contributed by atoms with Crippen LogP contribution in [0, 0.1) is 18.6 Å². The number of hydrogen-bond acceptors (Lipinski definition) is 3. The monoisotopic (exact) mass is 396 g/mol. The van der Waals surface area contributed by atoms with Gasteiger partial charge in [-0.1, -0.05) is 18.2 Å². The molecule has 0 saturated heterocycles. The first-order valence-electron chi connectivity index (χ1n) is 8.40. The van der Waals surface area contributed by atoms with E-state index in [9.17, 15) is 22.0 Å². The number of aryl methyl sites for hydroxylation is 1. The maximum Gasteiger partial charge on any atom is 0.416 e. The van der Waals surface area contributed by atoms with E-state index in [-0.39, 0.29) is 11.5 Å². The van der Waals surface area contributed by atoms with Gasteiger partial charge in [0.25, 0.3) is 0 Å². The normalized spacial score (nSPS) is 12.0. The molecule has 28 heavy (non-hydrogen) atoms. The molecule has 0 aliphatic heterocycles. The van der Waals surface area contributed by atoms with Crippen LogP contribution in [-0.2, 0) is 19.3 Å². The Kier molecular flexibility index (Phi) is 5.51. The van der Waals surface area contributed by atoms with Gasteiger partial charge in [0.1, 0.15) is 5.76 Å². The highest BCUT2D eigenvalue weighted by atomic mass is 19.4. The zero-order valence-corrected chi connectivity index (χ0v) is 15.1. The number of oxazole rings is 1. The summed E-state index contributed by atoms with van der Waals surface area (Å²) >= 11 is 0. The van der Waals surface area contributed by atoms with Crippen molar-refractivity contribution in [2.75, 3.05) is 7.05 Å². The fourth-order valence-corrected chi connectivity index (χ4v) is 2.78. The third kappa shape index (κ3) is 4.39. The van der Waals surface area contributed by atoms with Crippen LogP contribution in [0.2, 0.25) is 0 Å². The van der Waals surface area contributed by atoms with E-state index in [4.69, 9.17) is 4.42 Å². The predicted molar refractivity (Wildman–Crippen MR) is 93.2 cm³/mol. The van der Waals surface area contributed by atoms with E-state index in [1.165, 1.54) is 24.3 Å². The summed E-state index contributed by atoms with van der Waals surface area (Å²) in [7, 11) is 1.77. The number of alkyl halides is 3. The maximum absolute atomic E-state index is 13.9. The number of benzene rings is 2. The Morgan fingerprint density at radius 2 is 1.68 bits per heavy atom. The number of aromatic nitrogens is 1. The predicted octanol–water partition coefficient (Wildman–Crippen LogP) is 5.58. The molecule has 0 aliphatic rings. The lowest BCUT2D eigenvalue weighted by Gasteiger charge is -2.16. The Bertz CT molecular complexity index is 964. The molecule has 0 spiro atoms. The first-order valence-corrected chi connectivity index (χ1v) is 8.40. The van der Waals surface area contributed by atoms with Crippen LogP contribution in [0.25, 0.3) is 11.5 Å². The highest BCUT2D eigenvalue weighted by Crippen LogP contribution is 2.29. The highest BCUT2D eigenvalue weighted by molar-refractivity contribution is 5.54. The summed E-state index contributed by atoms with van der Waals surface area (Å²) in [6, 6.07) is 8.66. The van der Waals surface area contributed by atoms with Gasteiger partial charge in [0, 0.05) is 13.1 Å². The molecule has 0 bridgehead atoms. The van der Waals surface area contributed by atoms with E-state index in [0.29, 0.717) is 30.1 Å². The van der Waals surface area contributed by atoms with Crippen LogP contribution in [0.15, 0.2) is 46.9 Å². The zero-order chi connectivity index (χ0) is 20.5. The van der Waals surface area contributed by atoms with Crippen LogP contribution >= 0.6 is 0 Å². The van der Waals surface area contributed by atoms with Crippen molar-refractivity contribution in [2.45, 2.75) is 26.2 Å². The van der Waals surface area contributed by atoms with Gasteiger partial charge in [-0.15, -0.1) is 0 Å². The van der Waals surface area contributed by atoms with Crippen LogP contribution in [0.3, 0.4) is 0 Å². The molecule has 0 unspecified atom stereocenters. The topological polar surface area (TPSA) is 29.3 Å². The second-order valence-electron chi connectivity index (χ2n) is 6.49. The fourth-order valence-electron chi connectivity index (χ4n) is 2.78. The van der Waals surface area contributed by atoms with E-state index >= 15 is 0 Å². The zero-order valence-electron chi connectivity index (χ0n) is 15.1. The quantitative estimate of drug-likeness (QED) is 0.528. The van der Waals surface area contributed by atoms with E-state index in [1.54, 1.807) is 14.0 Å². The molecule has 148 valence electrons. The molecule has 1 aromatic heterocycles. The average Bonchev–Trinajstić information content (AvgIpc) is 2.97. The Morgan fingerprint density at radius 1 is 1.00 bits per heavy atom.